The van der Waals surface area contributed by atoms with E-state index in [-0.39, 0.29) is 23.5 Å². The summed E-state index contributed by atoms with van der Waals surface area (Å²) in [5.74, 6) is 3.76. The van der Waals surface area contributed by atoms with Crippen molar-refractivity contribution >= 4 is 38.6 Å². The fraction of sp³-hybridized carbons (Fsp3) is 0.400. The molecule has 2 aromatic rings. The Bertz CT molecular complexity index is 1120. The van der Waals surface area contributed by atoms with Crippen molar-refractivity contribution in [3.8, 4) is 5.75 Å². The Kier molecular flexibility index (Phi) is 7.13. The third-order valence-electron chi connectivity index (χ3n) is 6.47. The monoisotopic (exact) mass is 484 g/mol. The molecule has 0 aliphatic carbocycles. The lowest BCUT2D eigenvalue weighted by Gasteiger charge is -2.36. The van der Waals surface area contributed by atoms with E-state index in [2.05, 4.69) is 21.0 Å². The lowest BCUT2D eigenvalue weighted by Crippen LogP contribution is -2.51. The van der Waals surface area contributed by atoms with Gasteiger partial charge in [0.2, 0.25) is 11.8 Å². The van der Waals surface area contributed by atoms with Gasteiger partial charge in [-0.25, -0.2) is 0 Å². The number of piperazine rings is 1. The summed E-state index contributed by atoms with van der Waals surface area (Å²) in [5.41, 5.74) is 1.71. The number of likely N-dealkylation sites (tertiary alicyclic amines) is 1. The van der Waals surface area contributed by atoms with Gasteiger partial charge in [0.25, 0.3) is 0 Å². The van der Waals surface area contributed by atoms with Gasteiger partial charge in [0, 0.05) is 55.2 Å². The van der Waals surface area contributed by atoms with Crippen molar-refractivity contribution in [3.63, 3.8) is 0 Å². The van der Waals surface area contributed by atoms with Crippen molar-refractivity contribution in [2.45, 2.75) is 11.3 Å². The minimum absolute atomic E-state index is 0.0574. The molecule has 34 heavy (non-hydrogen) atoms. The highest BCUT2D eigenvalue weighted by molar-refractivity contribution is 7.99. The van der Waals surface area contributed by atoms with Crippen LogP contribution in [0.2, 0.25) is 0 Å². The summed E-state index contributed by atoms with van der Waals surface area (Å²) in [4.78, 5) is 32.3. The van der Waals surface area contributed by atoms with E-state index < -0.39 is 9.52 Å². The Labute approximate surface area is 201 Å². The molecule has 2 aliphatic rings. The van der Waals surface area contributed by atoms with Crippen molar-refractivity contribution in [2.24, 2.45) is 5.92 Å². The van der Waals surface area contributed by atoms with Gasteiger partial charge in [-0.1, -0.05) is 0 Å². The first-order valence-corrected chi connectivity index (χ1v) is 13.6. The molecule has 2 atom stereocenters. The fourth-order valence-corrected chi connectivity index (χ4v) is 5.14. The van der Waals surface area contributed by atoms with Crippen LogP contribution in [0.3, 0.4) is 0 Å². The molecule has 0 bridgehead atoms. The number of hydrogen-bond acceptors (Lipinski definition) is 6. The second-order valence-corrected chi connectivity index (χ2v) is 11.6. The topological polar surface area (TPSA) is 93.2 Å². The normalized spacial score (nSPS) is 20.7. The molecule has 2 fully saturated rings. The quantitative estimate of drug-likeness (QED) is 0.479. The lowest BCUT2D eigenvalue weighted by atomic mass is 10.1. The zero-order chi connectivity index (χ0) is 24.3. The molecule has 1 unspecified atom stereocenters. The summed E-state index contributed by atoms with van der Waals surface area (Å²) in [6, 6.07) is 14.1. The van der Waals surface area contributed by atoms with Gasteiger partial charge in [-0.2, -0.15) is 0 Å². The summed E-state index contributed by atoms with van der Waals surface area (Å²) in [6.07, 6.45) is 2.36. The predicted octanol–water partition coefficient (Wildman–Crippen LogP) is 1.71. The molecule has 4 rings (SSSR count). The number of anilines is 2. The van der Waals surface area contributed by atoms with Crippen molar-refractivity contribution in [3.05, 3.63) is 48.5 Å². The van der Waals surface area contributed by atoms with Crippen LogP contribution in [0.15, 0.2) is 53.4 Å². The van der Waals surface area contributed by atoms with Gasteiger partial charge in [-0.05, 0) is 76.9 Å². The number of rotatable bonds is 6. The molecule has 2 amide bonds. The van der Waals surface area contributed by atoms with Crippen LogP contribution in [0, 0.1) is 5.92 Å². The highest BCUT2D eigenvalue weighted by atomic mass is 32.2. The number of phenols is 1. The maximum absolute atomic E-state index is 12.9. The molecule has 0 saturated carbocycles. The van der Waals surface area contributed by atoms with Gasteiger partial charge in [-0.3, -0.25) is 18.7 Å². The van der Waals surface area contributed by atoms with Crippen LogP contribution in [0.1, 0.15) is 6.42 Å². The van der Waals surface area contributed by atoms with Crippen LogP contribution in [0.4, 0.5) is 11.4 Å². The number of nitrogens with zero attached hydrogens (tertiary/aromatic N) is 3. The van der Waals surface area contributed by atoms with Crippen molar-refractivity contribution in [1.82, 2.24) is 9.80 Å². The highest BCUT2D eigenvalue weighted by Gasteiger charge is 2.31. The van der Waals surface area contributed by atoms with Gasteiger partial charge < -0.3 is 20.2 Å². The lowest BCUT2D eigenvalue weighted by molar-refractivity contribution is -0.132. The Hall–Kier alpha value is -3.04. The molecule has 0 spiro atoms. The molecule has 2 aromatic carbocycles. The van der Waals surface area contributed by atoms with Gasteiger partial charge in [-0.15, -0.1) is 0 Å². The molecule has 0 radical (unpaired) electrons. The standard InChI is InChI=1S/C25H32N4O4S/c1-34(2,33)23-9-5-21(6-10-23)28-13-15-29(16-14-28)24(31)18-27-12-11-19(17-27)25(32)26-20-3-7-22(30)8-4-20/h3-10,19,30H,1,11-18H2,2H3,(H,26,32)/t19-,34?/m1/s1. The number of carbonyl (C=O) groups excluding carboxylic acids is 2. The van der Waals surface area contributed by atoms with Crippen molar-refractivity contribution in [1.29, 1.82) is 0 Å². The van der Waals surface area contributed by atoms with Crippen LogP contribution in [-0.2, 0) is 19.1 Å². The zero-order valence-electron chi connectivity index (χ0n) is 19.5. The number of nitrogens with one attached hydrogen (secondary N) is 1. The van der Waals surface area contributed by atoms with E-state index in [1.807, 2.05) is 29.2 Å². The van der Waals surface area contributed by atoms with Gasteiger partial charge in [0.1, 0.15) is 5.75 Å². The molecule has 2 saturated heterocycles. The molecule has 182 valence electrons. The van der Waals surface area contributed by atoms with Crippen LogP contribution < -0.4 is 10.2 Å². The molecule has 9 heteroatoms. The first-order chi connectivity index (χ1) is 16.2. The van der Waals surface area contributed by atoms with Crippen LogP contribution in [-0.4, -0.2) is 88.9 Å². The SMILES string of the molecule is C=S(C)(=O)c1ccc(N2CCN(C(=O)CN3CC[C@@H](C(=O)Nc4ccc(O)cc4)C3)CC2)cc1. The largest absolute Gasteiger partial charge is 0.508 e. The molecule has 2 N–H and O–H groups in total. The molecular formula is C25H32N4O4S. The molecular weight excluding hydrogens is 452 g/mol. The van der Waals surface area contributed by atoms with E-state index >= 15 is 0 Å². The smallest absolute Gasteiger partial charge is 0.236 e. The zero-order valence-corrected chi connectivity index (χ0v) is 20.3. The van der Waals surface area contributed by atoms with E-state index in [1.54, 1.807) is 18.4 Å². The average molecular weight is 485 g/mol. The van der Waals surface area contributed by atoms with E-state index in [4.69, 9.17) is 0 Å². The van der Waals surface area contributed by atoms with Crippen LogP contribution in [0.5, 0.6) is 5.75 Å². The summed E-state index contributed by atoms with van der Waals surface area (Å²) in [7, 11) is -2.22. The van der Waals surface area contributed by atoms with Gasteiger partial charge >= 0.3 is 0 Å². The van der Waals surface area contributed by atoms with E-state index in [0.29, 0.717) is 31.9 Å². The molecule has 0 aromatic heterocycles. The summed E-state index contributed by atoms with van der Waals surface area (Å²) in [5, 5.41) is 12.3. The van der Waals surface area contributed by atoms with Crippen LogP contribution >= 0.6 is 0 Å². The Morgan fingerprint density at radius 1 is 1.03 bits per heavy atom. The van der Waals surface area contributed by atoms with E-state index in [0.717, 1.165) is 36.6 Å². The number of amides is 2. The van der Waals surface area contributed by atoms with Gasteiger partial charge in [0.05, 0.1) is 12.5 Å². The van der Waals surface area contributed by atoms with Crippen molar-refractivity contribution in [2.75, 3.05) is 62.3 Å². The second-order valence-electron chi connectivity index (χ2n) is 9.12. The number of phenolic OH excluding ortho intramolecular Hbond substituents is 1. The Morgan fingerprint density at radius 2 is 1.68 bits per heavy atom. The Balaban J connectivity index is 1.23. The first kappa shape index (κ1) is 24.1. The summed E-state index contributed by atoms with van der Waals surface area (Å²) >= 11 is 0. The summed E-state index contributed by atoms with van der Waals surface area (Å²) in [6.45, 7) is 4.40. The van der Waals surface area contributed by atoms with Crippen molar-refractivity contribution < 1.29 is 18.9 Å². The first-order valence-electron chi connectivity index (χ1n) is 11.5. The number of aromatic hydroxyl groups is 1. The second kappa shape index (κ2) is 10.1. The average Bonchev–Trinajstić information content (AvgIpc) is 3.29. The van der Waals surface area contributed by atoms with E-state index in [1.165, 1.54) is 12.1 Å². The van der Waals surface area contributed by atoms with Crippen LogP contribution in [0.25, 0.3) is 0 Å². The number of carbonyl (C=O) groups is 2. The van der Waals surface area contributed by atoms with E-state index in [9.17, 15) is 18.9 Å². The number of benzene rings is 2. The van der Waals surface area contributed by atoms with Gasteiger partial charge in [0.15, 0.2) is 0 Å². The Morgan fingerprint density at radius 3 is 2.29 bits per heavy atom. The third kappa shape index (κ3) is 5.90. The highest BCUT2D eigenvalue weighted by Crippen LogP contribution is 2.22. The third-order valence-corrected chi connectivity index (χ3v) is 7.74. The molecule has 2 heterocycles. The minimum Gasteiger partial charge on any atom is -0.508 e. The molecule has 8 nitrogen and oxygen atoms in total. The molecule has 2 aliphatic heterocycles. The maximum Gasteiger partial charge on any atom is 0.236 e. The predicted molar refractivity (Wildman–Crippen MR) is 136 cm³/mol. The number of hydrogen-bond donors (Lipinski definition) is 2. The summed E-state index contributed by atoms with van der Waals surface area (Å²) < 4.78 is 12.1. The maximum atomic E-state index is 12.9. The minimum atomic E-state index is -2.22. The fourth-order valence-electron chi connectivity index (χ4n) is 4.43.